The maximum Gasteiger partial charge on any atom is 0.387 e. The van der Waals surface area contributed by atoms with Crippen molar-refractivity contribution in [1.82, 2.24) is 0 Å². The van der Waals surface area contributed by atoms with Gasteiger partial charge >= 0.3 is 6.61 Å². The molecule has 0 saturated heterocycles. The van der Waals surface area contributed by atoms with Gasteiger partial charge in [0.1, 0.15) is 17.3 Å². The average molecular weight is 404 g/mol. The van der Waals surface area contributed by atoms with E-state index in [0.29, 0.717) is 16.5 Å². The molecule has 0 radical (unpaired) electrons. The largest absolute Gasteiger partial charge is 0.457 e. The highest BCUT2D eigenvalue weighted by atomic mass is 35.5. The fraction of sp³-hybridized carbons (Fsp3) is 0.0952. The first-order valence-corrected chi connectivity index (χ1v) is 8.69. The summed E-state index contributed by atoms with van der Waals surface area (Å²) in [6.45, 7) is -1.07. The standard InChI is InChI=1S/C21H16ClF2NO3/c1-13-6-7-14(12-16(13)22)18-10-8-15(27-18)9-11-20(26)25-17-4-2-3-5-19(17)28-21(23)24/h2-12,21H,1H3,(H,25,26)/b11-9+. The van der Waals surface area contributed by atoms with Gasteiger partial charge in [-0.3, -0.25) is 4.79 Å². The van der Waals surface area contributed by atoms with Gasteiger partial charge in [-0.25, -0.2) is 0 Å². The molecule has 0 bridgehead atoms. The summed E-state index contributed by atoms with van der Waals surface area (Å²) in [7, 11) is 0. The third-order valence-corrected chi connectivity index (χ3v) is 4.25. The maximum absolute atomic E-state index is 12.4. The zero-order valence-corrected chi connectivity index (χ0v) is 15.5. The average Bonchev–Trinajstić information content (AvgIpc) is 3.12. The molecule has 28 heavy (non-hydrogen) atoms. The molecule has 7 heteroatoms. The highest BCUT2D eigenvalue weighted by Crippen LogP contribution is 2.28. The van der Waals surface area contributed by atoms with Crippen molar-refractivity contribution >= 4 is 29.3 Å². The molecule has 0 spiro atoms. The molecule has 0 saturated carbocycles. The lowest BCUT2D eigenvalue weighted by atomic mass is 10.1. The first kappa shape index (κ1) is 19.6. The van der Waals surface area contributed by atoms with Crippen LogP contribution in [0.5, 0.6) is 5.75 Å². The topological polar surface area (TPSA) is 51.5 Å². The Hall–Kier alpha value is -3.12. The van der Waals surface area contributed by atoms with E-state index >= 15 is 0 Å². The second-order valence-corrected chi connectivity index (χ2v) is 6.27. The first-order valence-electron chi connectivity index (χ1n) is 8.31. The lowest BCUT2D eigenvalue weighted by Gasteiger charge is -2.10. The van der Waals surface area contributed by atoms with E-state index in [0.717, 1.165) is 11.1 Å². The van der Waals surface area contributed by atoms with Crippen LogP contribution in [0.25, 0.3) is 17.4 Å². The number of hydrogen-bond acceptors (Lipinski definition) is 3. The SMILES string of the molecule is Cc1ccc(-c2ccc(/C=C/C(=O)Nc3ccccc3OC(F)F)o2)cc1Cl. The minimum Gasteiger partial charge on any atom is -0.457 e. The van der Waals surface area contributed by atoms with Crippen molar-refractivity contribution in [1.29, 1.82) is 0 Å². The van der Waals surface area contributed by atoms with Gasteiger partial charge in [-0.05, 0) is 48.9 Å². The van der Waals surface area contributed by atoms with Crippen LogP contribution in [-0.2, 0) is 4.79 Å². The molecule has 0 aliphatic rings. The number of carbonyl (C=O) groups is 1. The smallest absolute Gasteiger partial charge is 0.387 e. The van der Waals surface area contributed by atoms with Crippen LogP contribution in [-0.4, -0.2) is 12.5 Å². The van der Waals surface area contributed by atoms with E-state index < -0.39 is 12.5 Å². The predicted octanol–water partition coefficient (Wildman–Crippen LogP) is 6.16. The Morgan fingerprint density at radius 1 is 1.18 bits per heavy atom. The molecule has 1 amide bonds. The zero-order chi connectivity index (χ0) is 20.1. The minimum absolute atomic E-state index is 0.115. The third kappa shape index (κ3) is 4.98. The normalized spacial score (nSPS) is 11.2. The van der Waals surface area contributed by atoms with Crippen LogP contribution in [0.3, 0.4) is 0 Å². The van der Waals surface area contributed by atoms with Gasteiger partial charge in [0.25, 0.3) is 0 Å². The fourth-order valence-corrected chi connectivity index (χ4v) is 2.63. The number of carbonyl (C=O) groups excluding carboxylic acids is 1. The van der Waals surface area contributed by atoms with E-state index in [-0.39, 0.29) is 11.4 Å². The Morgan fingerprint density at radius 2 is 1.96 bits per heavy atom. The Morgan fingerprint density at radius 3 is 2.71 bits per heavy atom. The molecule has 3 rings (SSSR count). The zero-order valence-electron chi connectivity index (χ0n) is 14.8. The van der Waals surface area contributed by atoms with Crippen molar-refractivity contribution in [2.24, 2.45) is 0 Å². The van der Waals surface area contributed by atoms with Gasteiger partial charge in [-0.2, -0.15) is 8.78 Å². The van der Waals surface area contributed by atoms with Crippen molar-refractivity contribution in [3.63, 3.8) is 0 Å². The summed E-state index contributed by atoms with van der Waals surface area (Å²) in [5, 5.41) is 3.13. The molecule has 1 N–H and O–H groups in total. The molecule has 0 fully saturated rings. The van der Waals surface area contributed by atoms with Crippen molar-refractivity contribution in [2.45, 2.75) is 13.5 Å². The molecule has 1 heterocycles. The molecule has 0 unspecified atom stereocenters. The summed E-state index contributed by atoms with van der Waals surface area (Å²) in [6.07, 6.45) is 2.72. The quantitative estimate of drug-likeness (QED) is 0.501. The van der Waals surface area contributed by atoms with Crippen LogP contribution in [0.1, 0.15) is 11.3 Å². The number of halogens is 3. The molecule has 2 aromatic carbocycles. The number of benzene rings is 2. The molecule has 144 valence electrons. The number of rotatable bonds is 6. The Labute approximate surface area is 165 Å². The summed E-state index contributed by atoms with van der Waals surface area (Å²) in [5.41, 5.74) is 1.93. The van der Waals surface area contributed by atoms with E-state index in [9.17, 15) is 13.6 Å². The number of nitrogens with one attached hydrogen (secondary N) is 1. The molecule has 0 atom stereocenters. The molecule has 0 aliphatic carbocycles. The third-order valence-electron chi connectivity index (χ3n) is 3.84. The summed E-state index contributed by atoms with van der Waals surface area (Å²) >= 11 is 6.13. The molecule has 0 aliphatic heterocycles. The number of furan rings is 1. The number of hydrogen-bond donors (Lipinski definition) is 1. The van der Waals surface area contributed by atoms with Gasteiger partial charge in [-0.1, -0.05) is 35.9 Å². The minimum atomic E-state index is -2.98. The summed E-state index contributed by atoms with van der Waals surface area (Å²) in [5.74, 6) is 0.439. The van der Waals surface area contributed by atoms with E-state index in [1.807, 2.05) is 19.1 Å². The first-order chi connectivity index (χ1) is 13.4. The molecular formula is C21H16ClF2NO3. The van der Waals surface area contributed by atoms with Crippen LogP contribution in [0.4, 0.5) is 14.5 Å². The number of amides is 1. The lowest BCUT2D eigenvalue weighted by Crippen LogP contribution is -2.11. The van der Waals surface area contributed by atoms with Gasteiger partial charge in [0.2, 0.25) is 5.91 Å². The molecule has 3 aromatic rings. The van der Waals surface area contributed by atoms with Crippen LogP contribution in [0.2, 0.25) is 5.02 Å². The molecule has 1 aromatic heterocycles. The number of ether oxygens (including phenoxy) is 1. The number of aryl methyl sites for hydroxylation is 1. The highest BCUT2D eigenvalue weighted by molar-refractivity contribution is 6.31. The van der Waals surface area contributed by atoms with Gasteiger partial charge in [0.05, 0.1) is 5.69 Å². The molecule has 4 nitrogen and oxygen atoms in total. The highest BCUT2D eigenvalue weighted by Gasteiger charge is 2.10. The van der Waals surface area contributed by atoms with Crippen LogP contribution < -0.4 is 10.1 Å². The lowest BCUT2D eigenvalue weighted by molar-refractivity contribution is -0.111. The van der Waals surface area contributed by atoms with E-state index in [1.165, 1.54) is 30.4 Å². The summed E-state index contributed by atoms with van der Waals surface area (Å²) in [4.78, 5) is 12.1. The van der Waals surface area contributed by atoms with E-state index in [4.69, 9.17) is 16.0 Å². The summed E-state index contributed by atoms with van der Waals surface area (Å²) < 4.78 is 34.9. The Balaban J connectivity index is 1.68. The van der Waals surface area contributed by atoms with Crippen molar-refractivity contribution < 1.29 is 22.7 Å². The monoisotopic (exact) mass is 403 g/mol. The maximum atomic E-state index is 12.4. The van der Waals surface area contributed by atoms with E-state index in [1.54, 1.807) is 24.3 Å². The van der Waals surface area contributed by atoms with Gasteiger partial charge in [-0.15, -0.1) is 0 Å². The van der Waals surface area contributed by atoms with Gasteiger partial charge < -0.3 is 14.5 Å². The van der Waals surface area contributed by atoms with Gasteiger partial charge in [0.15, 0.2) is 0 Å². The second-order valence-electron chi connectivity index (χ2n) is 5.86. The van der Waals surface area contributed by atoms with E-state index in [2.05, 4.69) is 10.1 Å². The molecular weight excluding hydrogens is 388 g/mol. The summed E-state index contributed by atoms with van der Waals surface area (Å²) in [6, 6.07) is 15.0. The van der Waals surface area contributed by atoms with Gasteiger partial charge in [0, 0.05) is 16.7 Å². The Bertz CT molecular complexity index is 1010. The van der Waals surface area contributed by atoms with Crippen LogP contribution in [0, 0.1) is 6.92 Å². The number of anilines is 1. The number of para-hydroxylation sites is 2. The fourth-order valence-electron chi connectivity index (χ4n) is 2.44. The van der Waals surface area contributed by atoms with Crippen LogP contribution in [0.15, 0.2) is 65.1 Å². The second kappa shape index (κ2) is 8.71. The number of alkyl halides is 2. The predicted molar refractivity (Wildman–Crippen MR) is 105 cm³/mol. The Kier molecular flexibility index (Phi) is 6.11. The van der Waals surface area contributed by atoms with Crippen LogP contribution >= 0.6 is 11.6 Å². The van der Waals surface area contributed by atoms with Crippen molar-refractivity contribution in [2.75, 3.05) is 5.32 Å². The van der Waals surface area contributed by atoms with Crippen molar-refractivity contribution in [3.8, 4) is 17.1 Å². The van der Waals surface area contributed by atoms with Crippen molar-refractivity contribution in [3.05, 3.63) is 77.0 Å².